The number of carbonyl (C=O) groups excluding carboxylic acids is 1. The number of ether oxygens (including phenoxy) is 4. The summed E-state index contributed by atoms with van der Waals surface area (Å²) in [4.78, 5) is 12.4. The van der Waals surface area contributed by atoms with Crippen molar-refractivity contribution in [1.29, 1.82) is 0 Å². The van der Waals surface area contributed by atoms with Crippen LogP contribution in [-0.4, -0.2) is 24.9 Å². The SMILES string of the molecule is COc1ccc(NC(=O)OCc2ccccc2)cc1C[C@@H]1COc2ccc(OCc3ccccc3)cc2[C@@H]1O. The molecule has 7 heteroatoms. The van der Waals surface area contributed by atoms with Crippen LogP contribution in [0.15, 0.2) is 97.1 Å². The highest BCUT2D eigenvalue weighted by Crippen LogP contribution is 2.40. The van der Waals surface area contributed by atoms with E-state index in [1.807, 2.05) is 84.9 Å². The van der Waals surface area contributed by atoms with Crippen LogP contribution in [0.5, 0.6) is 17.2 Å². The van der Waals surface area contributed by atoms with Gasteiger partial charge in [-0.3, -0.25) is 5.32 Å². The number of nitrogens with one attached hydrogen (secondary N) is 1. The van der Waals surface area contributed by atoms with E-state index in [-0.39, 0.29) is 12.5 Å². The average molecular weight is 526 g/mol. The first kappa shape index (κ1) is 26.1. The Labute approximate surface area is 227 Å². The molecule has 200 valence electrons. The summed E-state index contributed by atoms with van der Waals surface area (Å²) >= 11 is 0. The molecular formula is C32H31NO6. The maximum absolute atomic E-state index is 12.4. The van der Waals surface area contributed by atoms with E-state index in [4.69, 9.17) is 18.9 Å². The third kappa shape index (κ3) is 6.69. The van der Waals surface area contributed by atoms with Crippen molar-refractivity contribution in [2.75, 3.05) is 19.0 Å². The molecule has 0 bridgehead atoms. The highest BCUT2D eigenvalue weighted by molar-refractivity contribution is 5.84. The Hall–Kier alpha value is -4.49. The summed E-state index contributed by atoms with van der Waals surface area (Å²) in [6.07, 6.45) is -0.827. The number of amides is 1. The minimum Gasteiger partial charge on any atom is -0.496 e. The van der Waals surface area contributed by atoms with Gasteiger partial charge in [0.2, 0.25) is 0 Å². The molecule has 0 saturated carbocycles. The Bertz CT molecular complexity index is 1390. The summed E-state index contributed by atoms with van der Waals surface area (Å²) in [5, 5.41) is 14.1. The molecule has 2 N–H and O–H groups in total. The lowest BCUT2D eigenvalue weighted by atomic mass is 9.87. The van der Waals surface area contributed by atoms with Crippen LogP contribution < -0.4 is 19.5 Å². The molecule has 7 nitrogen and oxygen atoms in total. The van der Waals surface area contributed by atoms with Crippen LogP contribution in [0.25, 0.3) is 0 Å². The molecule has 2 atom stereocenters. The average Bonchev–Trinajstić information content (AvgIpc) is 2.98. The zero-order valence-corrected chi connectivity index (χ0v) is 21.7. The van der Waals surface area contributed by atoms with Gasteiger partial charge < -0.3 is 24.1 Å². The van der Waals surface area contributed by atoms with Crippen LogP contribution in [0.4, 0.5) is 10.5 Å². The van der Waals surface area contributed by atoms with Gasteiger partial charge in [-0.2, -0.15) is 0 Å². The molecule has 1 amide bonds. The minimum atomic E-state index is -0.758. The molecule has 0 aliphatic carbocycles. The zero-order valence-electron chi connectivity index (χ0n) is 21.7. The highest BCUT2D eigenvalue weighted by Gasteiger charge is 2.31. The van der Waals surface area contributed by atoms with Crippen LogP contribution >= 0.6 is 0 Å². The maximum atomic E-state index is 12.4. The van der Waals surface area contributed by atoms with Crippen LogP contribution in [0.3, 0.4) is 0 Å². The Balaban J connectivity index is 1.24. The smallest absolute Gasteiger partial charge is 0.411 e. The normalized spacial score (nSPS) is 15.9. The van der Waals surface area contributed by atoms with E-state index in [2.05, 4.69) is 5.32 Å². The molecule has 0 unspecified atom stereocenters. The Kier molecular flexibility index (Phi) is 8.29. The second-order valence-electron chi connectivity index (χ2n) is 9.41. The summed E-state index contributed by atoms with van der Waals surface area (Å²) in [5.41, 5.74) is 4.07. The number of methoxy groups -OCH3 is 1. The number of carbonyl (C=O) groups is 1. The van der Waals surface area contributed by atoms with Gasteiger partial charge in [-0.15, -0.1) is 0 Å². The molecule has 4 aromatic carbocycles. The van der Waals surface area contributed by atoms with Gasteiger partial charge in [0.25, 0.3) is 0 Å². The van der Waals surface area contributed by atoms with Gasteiger partial charge in [0.05, 0.1) is 19.8 Å². The lowest BCUT2D eigenvalue weighted by Crippen LogP contribution is -2.28. The molecule has 1 aliphatic heterocycles. The van der Waals surface area contributed by atoms with Crippen molar-refractivity contribution in [2.24, 2.45) is 5.92 Å². The minimum absolute atomic E-state index is 0.178. The first-order valence-electron chi connectivity index (χ1n) is 12.8. The van der Waals surface area contributed by atoms with Gasteiger partial charge in [0.1, 0.15) is 30.5 Å². The van der Waals surface area contributed by atoms with Crippen LogP contribution in [-0.2, 0) is 24.4 Å². The number of aliphatic hydroxyl groups excluding tert-OH is 1. The highest BCUT2D eigenvalue weighted by atomic mass is 16.5. The fourth-order valence-corrected chi connectivity index (χ4v) is 4.61. The summed E-state index contributed by atoms with van der Waals surface area (Å²) < 4.78 is 22.9. The first-order valence-corrected chi connectivity index (χ1v) is 12.8. The van der Waals surface area contributed by atoms with Gasteiger partial charge in [-0.05, 0) is 59.5 Å². The predicted molar refractivity (Wildman–Crippen MR) is 148 cm³/mol. The largest absolute Gasteiger partial charge is 0.496 e. The number of fused-ring (bicyclic) bond motifs is 1. The number of hydrogen-bond donors (Lipinski definition) is 2. The summed E-state index contributed by atoms with van der Waals surface area (Å²) in [7, 11) is 1.60. The molecule has 1 aliphatic rings. The Morgan fingerprint density at radius 3 is 2.36 bits per heavy atom. The monoisotopic (exact) mass is 525 g/mol. The number of aliphatic hydroxyl groups is 1. The second-order valence-corrected chi connectivity index (χ2v) is 9.41. The van der Waals surface area contributed by atoms with Crippen molar-refractivity contribution in [3.63, 3.8) is 0 Å². The van der Waals surface area contributed by atoms with Gasteiger partial charge in [-0.25, -0.2) is 4.79 Å². The van der Waals surface area contributed by atoms with Crippen molar-refractivity contribution in [2.45, 2.75) is 25.7 Å². The molecule has 39 heavy (non-hydrogen) atoms. The van der Waals surface area contributed by atoms with Crippen molar-refractivity contribution >= 4 is 11.8 Å². The molecular weight excluding hydrogens is 494 g/mol. The van der Waals surface area contributed by atoms with Crippen LogP contribution in [0.2, 0.25) is 0 Å². The molecule has 5 rings (SSSR count). The number of anilines is 1. The van der Waals surface area contributed by atoms with Crippen LogP contribution in [0.1, 0.15) is 28.4 Å². The van der Waals surface area contributed by atoms with Gasteiger partial charge in [0, 0.05) is 17.2 Å². The molecule has 0 saturated heterocycles. The second kappa shape index (κ2) is 12.4. The van der Waals surface area contributed by atoms with Gasteiger partial charge in [-0.1, -0.05) is 60.7 Å². The van der Waals surface area contributed by atoms with Gasteiger partial charge >= 0.3 is 6.09 Å². The van der Waals surface area contributed by atoms with E-state index in [9.17, 15) is 9.90 Å². The predicted octanol–water partition coefficient (Wildman–Crippen LogP) is 6.31. The maximum Gasteiger partial charge on any atom is 0.411 e. The van der Waals surface area contributed by atoms with E-state index in [1.165, 1.54) is 0 Å². The lowest BCUT2D eigenvalue weighted by molar-refractivity contribution is 0.0502. The Morgan fingerprint density at radius 1 is 0.923 bits per heavy atom. The molecule has 1 heterocycles. The number of rotatable bonds is 9. The molecule has 0 aromatic heterocycles. The summed E-state index contributed by atoms with van der Waals surface area (Å²) in [5.74, 6) is 1.75. The summed E-state index contributed by atoms with van der Waals surface area (Å²) in [6.45, 7) is 0.959. The van der Waals surface area contributed by atoms with E-state index in [0.29, 0.717) is 48.1 Å². The van der Waals surface area contributed by atoms with Crippen LogP contribution in [0, 0.1) is 5.92 Å². The topological polar surface area (TPSA) is 86.3 Å². The van der Waals surface area contributed by atoms with E-state index in [1.54, 1.807) is 19.2 Å². The van der Waals surface area contributed by atoms with E-state index in [0.717, 1.165) is 16.7 Å². The quantitative estimate of drug-likeness (QED) is 0.266. The van der Waals surface area contributed by atoms with Gasteiger partial charge in [0.15, 0.2) is 0 Å². The van der Waals surface area contributed by atoms with Crippen molar-refractivity contribution < 1.29 is 28.8 Å². The third-order valence-electron chi connectivity index (χ3n) is 6.67. The Morgan fingerprint density at radius 2 is 1.64 bits per heavy atom. The third-order valence-corrected chi connectivity index (χ3v) is 6.67. The molecule has 0 fully saturated rings. The number of hydrogen-bond acceptors (Lipinski definition) is 6. The fourth-order valence-electron chi connectivity index (χ4n) is 4.61. The van der Waals surface area contributed by atoms with E-state index >= 15 is 0 Å². The van der Waals surface area contributed by atoms with Crippen molar-refractivity contribution in [3.05, 3.63) is 119 Å². The standard InChI is InChI=1S/C32H31NO6/c1-36-29-14-12-26(33-32(35)39-20-23-10-6-3-7-11-23)17-24(29)16-25-21-38-30-15-13-27(18-28(30)31(25)34)37-19-22-8-4-2-5-9-22/h2-15,17-18,25,31,34H,16,19-21H2,1H3,(H,33,35)/t25-,31-/m1/s1. The fraction of sp³-hybridized carbons (Fsp3) is 0.219. The molecule has 4 aromatic rings. The zero-order chi connectivity index (χ0) is 27.0. The molecule has 0 radical (unpaired) electrons. The summed E-state index contributed by atoms with van der Waals surface area (Å²) in [6, 6.07) is 30.3. The molecule has 0 spiro atoms. The lowest BCUT2D eigenvalue weighted by Gasteiger charge is -2.31. The van der Waals surface area contributed by atoms with Crippen molar-refractivity contribution in [3.8, 4) is 17.2 Å². The van der Waals surface area contributed by atoms with Crippen molar-refractivity contribution in [1.82, 2.24) is 0 Å². The van der Waals surface area contributed by atoms with E-state index < -0.39 is 12.2 Å². The number of benzene rings is 4. The first-order chi connectivity index (χ1) is 19.1.